The predicted octanol–water partition coefficient (Wildman–Crippen LogP) is 5.43. The van der Waals surface area contributed by atoms with Crippen LogP contribution in [0.15, 0.2) is 47.4 Å². The van der Waals surface area contributed by atoms with Gasteiger partial charge < -0.3 is 9.84 Å². The second kappa shape index (κ2) is 8.59. The largest absolute Gasteiger partial charge is 0.485 e. The second-order valence-electron chi connectivity index (χ2n) is 6.96. The Morgan fingerprint density at radius 3 is 2.20 bits per heavy atom. The third-order valence-corrected chi connectivity index (χ3v) is 4.81. The summed E-state index contributed by atoms with van der Waals surface area (Å²) in [6.07, 6.45) is 7.36. The maximum Gasteiger partial charge on any atom is 0.126 e. The normalized spacial score (nSPS) is 11.9. The molecule has 0 aliphatic heterocycles. The van der Waals surface area contributed by atoms with Gasteiger partial charge in [-0.15, -0.1) is 11.8 Å². The third-order valence-electron chi connectivity index (χ3n) is 4.06. The second-order valence-corrected chi connectivity index (χ2v) is 7.84. The Labute approximate surface area is 155 Å². The highest BCUT2D eigenvalue weighted by molar-refractivity contribution is 7.98. The summed E-state index contributed by atoms with van der Waals surface area (Å²) in [5.74, 6) is 0.865. The van der Waals surface area contributed by atoms with Gasteiger partial charge in [0.15, 0.2) is 0 Å². The molecular weight excluding hydrogens is 328 g/mol. The molecule has 0 heterocycles. The van der Waals surface area contributed by atoms with Crippen LogP contribution in [0, 0.1) is 13.8 Å². The van der Waals surface area contributed by atoms with Crippen LogP contribution < -0.4 is 4.74 Å². The third kappa shape index (κ3) is 5.65. The highest BCUT2D eigenvalue weighted by atomic mass is 32.2. The van der Waals surface area contributed by atoms with E-state index in [1.54, 1.807) is 11.8 Å². The van der Waals surface area contributed by atoms with E-state index < -0.39 is 5.60 Å². The van der Waals surface area contributed by atoms with Crippen molar-refractivity contribution in [3.05, 3.63) is 64.7 Å². The van der Waals surface area contributed by atoms with Crippen molar-refractivity contribution in [1.29, 1.82) is 0 Å². The molecule has 134 valence electrons. The molecule has 3 heteroatoms. The van der Waals surface area contributed by atoms with E-state index in [2.05, 4.69) is 54.8 Å². The maximum absolute atomic E-state index is 9.41. The molecule has 0 amide bonds. The lowest BCUT2D eigenvalue weighted by Gasteiger charge is -2.26. The zero-order chi connectivity index (χ0) is 18.4. The maximum atomic E-state index is 9.41. The Morgan fingerprint density at radius 1 is 1.08 bits per heavy atom. The van der Waals surface area contributed by atoms with Gasteiger partial charge in [-0.2, -0.15) is 0 Å². The van der Waals surface area contributed by atoms with Gasteiger partial charge in [0.05, 0.1) is 6.61 Å². The molecule has 0 atom stereocenters. The Bertz CT molecular complexity index is 707. The van der Waals surface area contributed by atoms with Crippen LogP contribution in [0.2, 0.25) is 0 Å². The molecular formula is C22H28O2S. The quantitative estimate of drug-likeness (QED) is 0.671. The fourth-order valence-corrected chi connectivity index (χ4v) is 3.05. The fraction of sp³-hybridized carbons (Fsp3) is 0.364. The lowest BCUT2D eigenvalue weighted by atomic mass is 10.0. The van der Waals surface area contributed by atoms with E-state index in [4.69, 9.17) is 4.74 Å². The first kappa shape index (κ1) is 19.6. The van der Waals surface area contributed by atoms with Gasteiger partial charge in [-0.25, -0.2) is 0 Å². The van der Waals surface area contributed by atoms with Crippen molar-refractivity contribution in [2.45, 2.75) is 44.6 Å². The Kier molecular flexibility index (Phi) is 6.74. The number of thioether (sulfide) groups is 1. The first-order valence-corrected chi connectivity index (χ1v) is 9.78. The molecule has 2 rings (SSSR count). The van der Waals surface area contributed by atoms with Gasteiger partial charge in [0.2, 0.25) is 0 Å². The van der Waals surface area contributed by atoms with Crippen LogP contribution in [0.4, 0.5) is 0 Å². The molecule has 0 saturated heterocycles. The summed E-state index contributed by atoms with van der Waals surface area (Å²) in [7, 11) is 0. The van der Waals surface area contributed by atoms with Gasteiger partial charge >= 0.3 is 0 Å². The van der Waals surface area contributed by atoms with E-state index in [-0.39, 0.29) is 6.61 Å². The molecule has 0 spiro atoms. The smallest absolute Gasteiger partial charge is 0.126 e. The van der Waals surface area contributed by atoms with Gasteiger partial charge in [-0.1, -0.05) is 24.3 Å². The van der Waals surface area contributed by atoms with Gasteiger partial charge in [0.25, 0.3) is 0 Å². The van der Waals surface area contributed by atoms with Gasteiger partial charge in [-0.3, -0.25) is 0 Å². The summed E-state index contributed by atoms with van der Waals surface area (Å²) in [5.41, 5.74) is 4.09. The molecule has 0 unspecified atom stereocenters. The number of rotatable bonds is 7. The molecule has 0 aliphatic carbocycles. The molecule has 25 heavy (non-hydrogen) atoms. The molecule has 2 aromatic carbocycles. The van der Waals surface area contributed by atoms with Gasteiger partial charge in [0, 0.05) is 4.90 Å². The Morgan fingerprint density at radius 2 is 1.68 bits per heavy atom. The van der Waals surface area contributed by atoms with Crippen LogP contribution in [0.5, 0.6) is 5.75 Å². The topological polar surface area (TPSA) is 29.5 Å². The van der Waals surface area contributed by atoms with E-state index in [1.807, 2.05) is 27.7 Å². The van der Waals surface area contributed by atoms with E-state index in [0.717, 1.165) is 23.3 Å². The van der Waals surface area contributed by atoms with E-state index in [0.29, 0.717) is 0 Å². The van der Waals surface area contributed by atoms with Crippen LogP contribution >= 0.6 is 11.8 Å². The number of benzene rings is 2. The van der Waals surface area contributed by atoms with Crippen molar-refractivity contribution in [3.63, 3.8) is 0 Å². The minimum atomic E-state index is -0.574. The van der Waals surface area contributed by atoms with Crippen molar-refractivity contribution in [2.24, 2.45) is 0 Å². The van der Waals surface area contributed by atoms with Crippen LogP contribution in [0.3, 0.4) is 0 Å². The number of aliphatic hydroxyl groups excluding tert-OH is 1. The van der Waals surface area contributed by atoms with Crippen LogP contribution in [-0.2, 0) is 6.42 Å². The first-order chi connectivity index (χ1) is 11.8. The lowest BCUT2D eigenvalue weighted by molar-refractivity contribution is 0.0401. The van der Waals surface area contributed by atoms with E-state index in [9.17, 15) is 5.11 Å². The number of aryl methyl sites for hydroxylation is 2. The molecule has 0 radical (unpaired) electrons. The minimum Gasteiger partial charge on any atom is -0.485 e. The Hall–Kier alpha value is -1.71. The molecule has 0 bridgehead atoms. The summed E-state index contributed by atoms with van der Waals surface area (Å²) in [4.78, 5) is 1.29. The SMILES string of the molecule is CSc1ccc(C/C=C/c2cc(C)c(OC(C)(C)CO)c(C)c2)cc1. The van der Waals surface area contributed by atoms with E-state index in [1.165, 1.54) is 16.0 Å². The Balaban J connectivity index is 2.09. The first-order valence-electron chi connectivity index (χ1n) is 8.55. The zero-order valence-corrected chi connectivity index (χ0v) is 16.6. The van der Waals surface area contributed by atoms with Crippen molar-refractivity contribution in [2.75, 3.05) is 12.9 Å². The minimum absolute atomic E-state index is 0.0110. The molecule has 1 N–H and O–H groups in total. The molecule has 0 saturated carbocycles. The standard InChI is InChI=1S/C22H28O2S/c1-16-13-19(14-17(2)21(16)24-22(3,4)15-23)8-6-7-18-9-11-20(25-5)12-10-18/h6,8-14,23H,7,15H2,1-5H3/b8-6+. The molecule has 2 aromatic rings. The van der Waals surface area contributed by atoms with Crippen molar-refractivity contribution < 1.29 is 9.84 Å². The monoisotopic (exact) mass is 356 g/mol. The predicted molar refractivity (Wildman–Crippen MR) is 109 cm³/mol. The van der Waals surface area contributed by atoms with Crippen molar-refractivity contribution >= 4 is 17.8 Å². The van der Waals surface area contributed by atoms with Crippen LogP contribution in [-0.4, -0.2) is 23.6 Å². The lowest BCUT2D eigenvalue weighted by Crippen LogP contribution is -2.33. The average Bonchev–Trinajstić information content (AvgIpc) is 2.59. The van der Waals surface area contributed by atoms with Gasteiger partial charge in [-0.05, 0) is 86.9 Å². The summed E-state index contributed by atoms with van der Waals surface area (Å²) in [5, 5.41) is 9.41. The summed E-state index contributed by atoms with van der Waals surface area (Å²) >= 11 is 1.76. The highest BCUT2D eigenvalue weighted by Gasteiger charge is 2.20. The fourth-order valence-electron chi connectivity index (χ4n) is 2.64. The molecule has 0 aromatic heterocycles. The number of allylic oxidation sites excluding steroid dienone is 1. The zero-order valence-electron chi connectivity index (χ0n) is 15.8. The number of aliphatic hydroxyl groups is 1. The molecule has 2 nitrogen and oxygen atoms in total. The average molecular weight is 357 g/mol. The highest BCUT2D eigenvalue weighted by Crippen LogP contribution is 2.29. The summed E-state index contributed by atoms with van der Waals surface area (Å²) in [6.45, 7) is 7.87. The summed E-state index contributed by atoms with van der Waals surface area (Å²) < 4.78 is 5.99. The summed E-state index contributed by atoms with van der Waals surface area (Å²) in [6, 6.07) is 12.9. The number of hydrogen-bond acceptors (Lipinski definition) is 3. The molecule has 0 aliphatic rings. The number of ether oxygens (including phenoxy) is 1. The van der Waals surface area contributed by atoms with Crippen molar-refractivity contribution in [1.82, 2.24) is 0 Å². The van der Waals surface area contributed by atoms with Gasteiger partial charge in [0.1, 0.15) is 11.4 Å². The van der Waals surface area contributed by atoms with Crippen molar-refractivity contribution in [3.8, 4) is 5.75 Å². The number of hydrogen-bond donors (Lipinski definition) is 1. The van der Waals surface area contributed by atoms with Crippen LogP contribution in [0.25, 0.3) is 6.08 Å². The van der Waals surface area contributed by atoms with E-state index >= 15 is 0 Å². The van der Waals surface area contributed by atoms with Crippen LogP contribution in [0.1, 0.15) is 36.1 Å². The molecule has 0 fully saturated rings.